The number of hydrogen-bond acceptors (Lipinski definition) is 2. The van der Waals surface area contributed by atoms with Crippen LogP contribution >= 0.6 is 0 Å². The van der Waals surface area contributed by atoms with Crippen LogP contribution in [0.1, 0.15) is 47.8 Å². The van der Waals surface area contributed by atoms with Crippen LogP contribution in [0.5, 0.6) is 0 Å². The van der Waals surface area contributed by atoms with Crippen molar-refractivity contribution >= 4 is 23.8 Å². The van der Waals surface area contributed by atoms with Gasteiger partial charge in [-0.25, -0.2) is 4.99 Å². The summed E-state index contributed by atoms with van der Waals surface area (Å²) in [5.74, 6) is 0.204. The van der Waals surface area contributed by atoms with E-state index in [-0.39, 0.29) is 11.3 Å². The highest BCUT2D eigenvalue weighted by atomic mass is 16.1. The van der Waals surface area contributed by atoms with Gasteiger partial charge < -0.3 is 11.1 Å². The van der Waals surface area contributed by atoms with Gasteiger partial charge in [-0.2, -0.15) is 0 Å². The number of anilines is 1. The molecule has 1 amide bonds. The van der Waals surface area contributed by atoms with Crippen molar-refractivity contribution < 1.29 is 4.79 Å². The van der Waals surface area contributed by atoms with Gasteiger partial charge in [-0.05, 0) is 41.7 Å². The van der Waals surface area contributed by atoms with Gasteiger partial charge in [-0.3, -0.25) is 9.79 Å². The van der Waals surface area contributed by atoms with Gasteiger partial charge in [-0.1, -0.05) is 45.0 Å². The third-order valence-corrected chi connectivity index (χ3v) is 4.18. The molecule has 2 aromatic carbocycles. The molecule has 3 N–H and O–H groups in total. The molecule has 0 aliphatic heterocycles. The second kappa shape index (κ2) is 7.95. The summed E-state index contributed by atoms with van der Waals surface area (Å²) in [5.41, 5.74) is 10.2. The summed E-state index contributed by atoms with van der Waals surface area (Å²) in [5, 5.41) is 2.95. The first kappa shape index (κ1) is 19.4. The Balaban J connectivity index is 2.24. The molecule has 0 aliphatic rings. The second-order valence-electron chi connectivity index (χ2n) is 7.15. The Morgan fingerprint density at radius 1 is 1.12 bits per heavy atom. The van der Waals surface area contributed by atoms with E-state index in [4.69, 9.17) is 5.73 Å². The molecule has 2 rings (SSSR count). The fourth-order valence-corrected chi connectivity index (χ4v) is 2.55. The van der Waals surface area contributed by atoms with E-state index in [2.05, 4.69) is 36.1 Å². The normalized spacial score (nSPS) is 12.4. The van der Waals surface area contributed by atoms with Gasteiger partial charge in [0.1, 0.15) is 12.2 Å². The molecule has 0 saturated heterocycles. The highest BCUT2D eigenvalue weighted by Crippen LogP contribution is 2.23. The van der Waals surface area contributed by atoms with Crippen molar-refractivity contribution in [3.8, 4) is 0 Å². The Bertz CT molecular complexity index is 843. The molecule has 136 valence electrons. The average Bonchev–Trinajstić information content (AvgIpc) is 2.60. The van der Waals surface area contributed by atoms with Crippen LogP contribution < -0.4 is 11.1 Å². The average molecular weight is 350 g/mol. The van der Waals surface area contributed by atoms with Crippen molar-refractivity contribution in [2.24, 2.45) is 15.7 Å². The summed E-state index contributed by atoms with van der Waals surface area (Å²) in [6.45, 7) is 8.34. The maximum absolute atomic E-state index is 12.6. The molecule has 0 saturated carbocycles. The Kier molecular flexibility index (Phi) is 5.93. The topological polar surface area (TPSA) is 79.8 Å². The number of carbonyl (C=O) groups excluding carboxylic acids is 1. The maximum Gasteiger partial charge on any atom is 0.255 e. The van der Waals surface area contributed by atoms with E-state index in [1.54, 1.807) is 7.05 Å². The Morgan fingerprint density at radius 2 is 1.77 bits per heavy atom. The number of amidine groups is 1. The summed E-state index contributed by atoms with van der Waals surface area (Å²) in [6.07, 6.45) is 1.40. The lowest BCUT2D eigenvalue weighted by Gasteiger charge is -2.19. The third kappa shape index (κ3) is 4.57. The van der Waals surface area contributed by atoms with E-state index in [0.717, 1.165) is 11.1 Å². The molecule has 0 aromatic heterocycles. The highest BCUT2D eigenvalue weighted by molar-refractivity contribution is 6.07. The molecule has 0 bridgehead atoms. The number of hydrogen-bond donors (Lipinski definition) is 2. The number of rotatable bonds is 4. The predicted octanol–water partition coefficient (Wildman–Crippen LogP) is 3.91. The molecule has 0 fully saturated rings. The smallest absolute Gasteiger partial charge is 0.255 e. The standard InChI is InChI=1S/C21H26N4O/c1-14-17(19(22)24-13-23-5)7-6-8-18(14)25-20(26)15-9-11-16(12-10-15)21(2,3)4/h6-13H,1-5H3,(H,25,26)(H2,22,23,24). The quantitative estimate of drug-likeness (QED) is 0.647. The van der Waals surface area contributed by atoms with Gasteiger partial charge in [0.2, 0.25) is 0 Å². The van der Waals surface area contributed by atoms with Crippen LogP contribution in [0.25, 0.3) is 0 Å². The first-order valence-electron chi connectivity index (χ1n) is 8.50. The van der Waals surface area contributed by atoms with Crippen molar-refractivity contribution in [1.82, 2.24) is 0 Å². The van der Waals surface area contributed by atoms with E-state index in [0.29, 0.717) is 17.1 Å². The molecule has 5 heteroatoms. The molecule has 0 heterocycles. The van der Waals surface area contributed by atoms with E-state index >= 15 is 0 Å². The van der Waals surface area contributed by atoms with Gasteiger partial charge >= 0.3 is 0 Å². The van der Waals surface area contributed by atoms with Crippen LogP contribution in [0.4, 0.5) is 5.69 Å². The van der Waals surface area contributed by atoms with E-state index in [9.17, 15) is 4.79 Å². The molecule has 0 atom stereocenters. The van der Waals surface area contributed by atoms with E-state index in [1.165, 1.54) is 11.9 Å². The van der Waals surface area contributed by atoms with Gasteiger partial charge in [0.05, 0.1) is 0 Å². The minimum absolute atomic E-state index is 0.0541. The Labute approximate surface area is 155 Å². The summed E-state index contributed by atoms with van der Waals surface area (Å²) >= 11 is 0. The molecule has 0 aliphatic carbocycles. The molecular formula is C21H26N4O. The molecule has 26 heavy (non-hydrogen) atoms. The van der Waals surface area contributed by atoms with Crippen molar-refractivity contribution in [3.05, 3.63) is 64.7 Å². The zero-order valence-corrected chi connectivity index (χ0v) is 16.0. The summed E-state index contributed by atoms with van der Waals surface area (Å²) in [4.78, 5) is 20.5. The Hall–Kier alpha value is -2.95. The lowest BCUT2D eigenvalue weighted by atomic mass is 9.86. The van der Waals surface area contributed by atoms with Crippen LogP contribution in [0.2, 0.25) is 0 Å². The molecule has 0 radical (unpaired) electrons. The second-order valence-corrected chi connectivity index (χ2v) is 7.15. The summed E-state index contributed by atoms with van der Waals surface area (Å²) < 4.78 is 0. The number of benzene rings is 2. The van der Waals surface area contributed by atoms with Gasteiger partial charge in [0, 0.05) is 23.9 Å². The molecule has 0 spiro atoms. The van der Waals surface area contributed by atoms with Crippen molar-refractivity contribution in [2.75, 3.05) is 12.4 Å². The fourth-order valence-electron chi connectivity index (χ4n) is 2.55. The van der Waals surface area contributed by atoms with Crippen molar-refractivity contribution in [2.45, 2.75) is 33.1 Å². The van der Waals surface area contributed by atoms with Crippen LogP contribution in [-0.4, -0.2) is 25.1 Å². The summed E-state index contributed by atoms with van der Waals surface area (Å²) in [6, 6.07) is 13.2. The number of nitrogens with one attached hydrogen (secondary N) is 1. The maximum atomic E-state index is 12.6. The fraction of sp³-hybridized carbons (Fsp3) is 0.286. The third-order valence-electron chi connectivity index (χ3n) is 4.18. The number of carbonyl (C=O) groups is 1. The van der Waals surface area contributed by atoms with Gasteiger partial charge in [0.15, 0.2) is 0 Å². The zero-order chi connectivity index (χ0) is 19.3. The van der Waals surface area contributed by atoms with Gasteiger partial charge in [0.25, 0.3) is 5.91 Å². The number of nitrogens with two attached hydrogens (primary N) is 1. The van der Waals surface area contributed by atoms with Crippen LogP contribution in [0.3, 0.4) is 0 Å². The first-order valence-corrected chi connectivity index (χ1v) is 8.50. The SMILES string of the molecule is CN=CN=C(N)c1cccc(NC(=O)c2ccc(C(C)(C)C)cc2)c1C. The van der Waals surface area contributed by atoms with Crippen LogP contribution in [0, 0.1) is 6.92 Å². The zero-order valence-electron chi connectivity index (χ0n) is 16.0. The Morgan fingerprint density at radius 3 is 2.35 bits per heavy atom. The number of aliphatic imine (C=N–C) groups is 2. The first-order chi connectivity index (χ1) is 12.2. The summed E-state index contributed by atoms with van der Waals surface area (Å²) in [7, 11) is 1.63. The molecule has 2 aromatic rings. The van der Waals surface area contributed by atoms with Crippen LogP contribution in [-0.2, 0) is 5.41 Å². The lowest BCUT2D eigenvalue weighted by Crippen LogP contribution is -2.18. The van der Waals surface area contributed by atoms with E-state index in [1.807, 2.05) is 49.4 Å². The lowest BCUT2D eigenvalue weighted by molar-refractivity contribution is 0.102. The predicted molar refractivity (Wildman–Crippen MR) is 109 cm³/mol. The largest absolute Gasteiger partial charge is 0.383 e. The minimum Gasteiger partial charge on any atom is -0.383 e. The molecule has 0 unspecified atom stereocenters. The monoisotopic (exact) mass is 350 g/mol. The van der Waals surface area contributed by atoms with Gasteiger partial charge in [-0.15, -0.1) is 0 Å². The number of nitrogens with zero attached hydrogens (tertiary/aromatic N) is 2. The molecule has 5 nitrogen and oxygen atoms in total. The molecular weight excluding hydrogens is 324 g/mol. The van der Waals surface area contributed by atoms with E-state index < -0.39 is 0 Å². The van der Waals surface area contributed by atoms with Crippen molar-refractivity contribution in [1.29, 1.82) is 0 Å². The van der Waals surface area contributed by atoms with Crippen LogP contribution in [0.15, 0.2) is 52.4 Å². The minimum atomic E-state index is -0.156. The highest BCUT2D eigenvalue weighted by Gasteiger charge is 2.15. The number of amides is 1. The van der Waals surface area contributed by atoms with Crippen molar-refractivity contribution in [3.63, 3.8) is 0 Å².